The van der Waals surface area contributed by atoms with Gasteiger partial charge < -0.3 is 9.84 Å². The zero-order valence-electron chi connectivity index (χ0n) is 12.5. The van der Waals surface area contributed by atoms with E-state index in [1.807, 2.05) is 0 Å². The molecule has 0 spiro atoms. The molecule has 0 aliphatic heterocycles. The number of aromatic nitrogens is 2. The van der Waals surface area contributed by atoms with Crippen molar-refractivity contribution in [1.29, 1.82) is 0 Å². The lowest BCUT2D eigenvalue weighted by Crippen LogP contribution is -2.26. The van der Waals surface area contributed by atoms with Crippen molar-refractivity contribution in [2.45, 2.75) is 25.9 Å². The molecule has 1 aromatic heterocycles. The van der Waals surface area contributed by atoms with E-state index in [9.17, 15) is 18.7 Å². The zero-order chi connectivity index (χ0) is 17.2. The van der Waals surface area contributed by atoms with Crippen molar-refractivity contribution in [1.82, 2.24) is 9.78 Å². The lowest BCUT2D eigenvalue weighted by atomic mass is 10.1. The van der Waals surface area contributed by atoms with Gasteiger partial charge in [0.1, 0.15) is 0 Å². The fourth-order valence-corrected chi connectivity index (χ4v) is 2.13. The molecule has 0 saturated heterocycles. The summed E-state index contributed by atoms with van der Waals surface area (Å²) in [4.78, 5) is 12.4. The summed E-state index contributed by atoms with van der Waals surface area (Å²) in [5.74, 6) is -2.11. The molecule has 0 fully saturated rings. The number of benzene rings is 1. The van der Waals surface area contributed by atoms with Gasteiger partial charge in [-0.05, 0) is 41.9 Å². The molecule has 1 heterocycles. The van der Waals surface area contributed by atoms with Crippen molar-refractivity contribution in [2.24, 2.45) is 0 Å². The van der Waals surface area contributed by atoms with Gasteiger partial charge in [0.15, 0.2) is 11.6 Å². The summed E-state index contributed by atoms with van der Waals surface area (Å²) >= 11 is 3.16. The van der Waals surface area contributed by atoms with E-state index >= 15 is 0 Å². The van der Waals surface area contributed by atoms with E-state index < -0.39 is 22.8 Å². The topological polar surface area (TPSA) is 64.3 Å². The van der Waals surface area contributed by atoms with Crippen molar-refractivity contribution in [3.05, 3.63) is 50.9 Å². The molecule has 0 aliphatic rings. The summed E-state index contributed by atoms with van der Waals surface area (Å²) in [5.41, 5.74) is -1.48. The number of halogens is 3. The van der Waals surface area contributed by atoms with Gasteiger partial charge in [0.2, 0.25) is 5.75 Å². The van der Waals surface area contributed by atoms with Gasteiger partial charge in [0.25, 0.3) is 0 Å². The van der Waals surface area contributed by atoms with E-state index in [0.29, 0.717) is 10.9 Å². The summed E-state index contributed by atoms with van der Waals surface area (Å²) in [5, 5.41) is 13.5. The molecule has 124 valence electrons. The predicted molar refractivity (Wildman–Crippen MR) is 83.9 cm³/mol. The van der Waals surface area contributed by atoms with Crippen molar-refractivity contribution >= 4 is 15.9 Å². The van der Waals surface area contributed by atoms with Crippen LogP contribution < -0.4 is 10.3 Å². The van der Waals surface area contributed by atoms with Gasteiger partial charge in [-0.2, -0.15) is 9.78 Å². The smallest absolute Gasteiger partial charge is 0.314 e. The van der Waals surface area contributed by atoms with Crippen molar-refractivity contribution in [3.8, 4) is 11.4 Å². The lowest BCUT2D eigenvalue weighted by Gasteiger charge is -2.17. The standard InChI is InChI=1S/C15H15BrF2N2O3/c1-15(2,22)5-6-23-13-10(16)8-19-20(14(13)21)9-3-4-11(17)12(18)7-9/h3-4,7-8,22H,5-6H2,1-2H3. The number of hydrogen-bond donors (Lipinski definition) is 1. The maximum Gasteiger partial charge on any atom is 0.314 e. The normalized spacial score (nSPS) is 11.6. The van der Waals surface area contributed by atoms with E-state index in [2.05, 4.69) is 21.0 Å². The van der Waals surface area contributed by atoms with E-state index in [4.69, 9.17) is 4.74 Å². The summed E-state index contributed by atoms with van der Waals surface area (Å²) in [7, 11) is 0. The van der Waals surface area contributed by atoms with Crippen LogP contribution in [0.25, 0.3) is 5.69 Å². The highest BCUT2D eigenvalue weighted by Crippen LogP contribution is 2.21. The highest BCUT2D eigenvalue weighted by atomic mass is 79.9. The summed E-state index contributed by atoms with van der Waals surface area (Å²) in [6.45, 7) is 3.36. The first-order chi connectivity index (χ1) is 10.7. The van der Waals surface area contributed by atoms with Crippen molar-refractivity contribution < 1.29 is 18.6 Å². The number of hydrogen-bond acceptors (Lipinski definition) is 4. The average Bonchev–Trinajstić information content (AvgIpc) is 2.44. The average molecular weight is 389 g/mol. The Hall–Kier alpha value is -1.80. The first-order valence-electron chi connectivity index (χ1n) is 6.77. The summed E-state index contributed by atoms with van der Waals surface area (Å²) in [6.07, 6.45) is 1.63. The van der Waals surface area contributed by atoms with Gasteiger partial charge in [0, 0.05) is 12.5 Å². The molecule has 0 atom stereocenters. The summed E-state index contributed by atoms with van der Waals surface area (Å²) in [6, 6.07) is 3.02. The Labute approximate surface area is 139 Å². The molecule has 5 nitrogen and oxygen atoms in total. The van der Waals surface area contributed by atoms with Crippen LogP contribution in [0.4, 0.5) is 8.78 Å². The van der Waals surface area contributed by atoms with Gasteiger partial charge in [-0.1, -0.05) is 0 Å². The molecule has 23 heavy (non-hydrogen) atoms. The monoisotopic (exact) mass is 388 g/mol. The molecule has 1 aromatic carbocycles. The summed E-state index contributed by atoms with van der Waals surface area (Å²) < 4.78 is 33.0. The number of rotatable bonds is 5. The highest BCUT2D eigenvalue weighted by Gasteiger charge is 2.16. The maximum atomic E-state index is 13.3. The largest absolute Gasteiger partial charge is 0.487 e. The molecule has 0 unspecified atom stereocenters. The highest BCUT2D eigenvalue weighted by molar-refractivity contribution is 9.10. The molecular weight excluding hydrogens is 374 g/mol. The van der Waals surface area contributed by atoms with Crippen LogP contribution in [0.3, 0.4) is 0 Å². The molecule has 0 saturated carbocycles. The van der Waals surface area contributed by atoms with Crippen LogP contribution in [0.15, 0.2) is 33.7 Å². The van der Waals surface area contributed by atoms with Crippen LogP contribution in [0.5, 0.6) is 5.75 Å². The minimum atomic E-state index is -1.08. The van der Waals surface area contributed by atoms with Gasteiger partial charge >= 0.3 is 5.56 Å². The van der Waals surface area contributed by atoms with Crippen molar-refractivity contribution in [2.75, 3.05) is 6.61 Å². The van der Waals surface area contributed by atoms with Crippen molar-refractivity contribution in [3.63, 3.8) is 0 Å². The molecule has 2 aromatic rings. The van der Waals surface area contributed by atoms with Crippen LogP contribution in [0.1, 0.15) is 20.3 Å². The van der Waals surface area contributed by atoms with Gasteiger partial charge in [-0.15, -0.1) is 0 Å². The minimum absolute atomic E-state index is 0.0195. The van der Waals surface area contributed by atoms with Crippen LogP contribution in [-0.4, -0.2) is 27.1 Å². The third-order valence-electron chi connectivity index (χ3n) is 3.00. The molecule has 2 rings (SSSR count). The Bertz CT molecular complexity index is 772. The van der Waals surface area contributed by atoms with Gasteiger partial charge in [0.05, 0.1) is 28.6 Å². The van der Waals surface area contributed by atoms with E-state index in [1.165, 1.54) is 12.3 Å². The van der Waals surface area contributed by atoms with E-state index in [1.54, 1.807) is 13.8 Å². The molecule has 1 N–H and O–H groups in total. The second-order valence-corrected chi connectivity index (χ2v) is 6.40. The second kappa shape index (κ2) is 6.76. The quantitative estimate of drug-likeness (QED) is 0.855. The van der Waals surface area contributed by atoms with Crippen LogP contribution in [0, 0.1) is 11.6 Å². The molecule has 8 heteroatoms. The first kappa shape index (κ1) is 17.6. The second-order valence-electron chi connectivity index (χ2n) is 5.55. The number of nitrogens with zero attached hydrogens (tertiary/aromatic N) is 2. The number of aliphatic hydroxyl groups is 1. The molecule has 0 aliphatic carbocycles. The maximum absolute atomic E-state index is 13.3. The number of ether oxygens (including phenoxy) is 1. The van der Waals surface area contributed by atoms with E-state index in [0.717, 1.165) is 16.8 Å². The van der Waals surface area contributed by atoms with Gasteiger partial charge in [-0.25, -0.2) is 8.78 Å². The van der Waals surface area contributed by atoms with E-state index in [-0.39, 0.29) is 18.0 Å². The fraction of sp³-hybridized carbons (Fsp3) is 0.333. The lowest BCUT2D eigenvalue weighted by molar-refractivity contribution is 0.0549. The minimum Gasteiger partial charge on any atom is -0.487 e. The van der Waals surface area contributed by atoms with Crippen LogP contribution >= 0.6 is 15.9 Å². The Morgan fingerprint density at radius 1 is 1.35 bits per heavy atom. The fourth-order valence-electron chi connectivity index (χ4n) is 1.75. The Kier molecular flexibility index (Phi) is 5.16. The van der Waals surface area contributed by atoms with Crippen LogP contribution in [-0.2, 0) is 0 Å². The SMILES string of the molecule is CC(C)(O)CCOc1c(Br)cnn(-c2ccc(F)c(F)c2)c1=O. The van der Waals surface area contributed by atoms with Crippen LogP contribution in [0.2, 0.25) is 0 Å². The Morgan fingerprint density at radius 2 is 2.04 bits per heavy atom. The zero-order valence-corrected chi connectivity index (χ0v) is 14.1. The Morgan fingerprint density at radius 3 is 2.65 bits per heavy atom. The predicted octanol–water partition coefficient (Wildman–Crippen LogP) is 2.81. The third-order valence-corrected chi connectivity index (χ3v) is 3.56. The van der Waals surface area contributed by atoms with Gasteiger partial charge in [-0.3, -0.25) is 4.79 Å². The Balaban J connectivity index is 2.34. The third kappa shape index (κ3) is 4.35. The molecular formula is C15H15BrF2N2O3. The molecule has 0 radical (unpaired) electrons. The molecule has 0 bridgehead atoms. The molecule has 0 amide bonds. The first-order valence-corrected chi connectivity index (χ1v) is 7.57.